The van der Waals surface area contributed by atoms with Crippen LogP contribution >= 0.6 is 0 Å². The maximum Gasteiger partial charge on any atom is 0.240 e. The van der Waals surface area contributed by atoms with Gasteiger partial charge >= 0.3 is 0 Å². The summed E-state index contributed by atoms with van der Waals surface area (Å²) in [5.41, 5.74) is 0. The van der Waals surface area contributed by atoms with E-state index in [4.69, 9.17) is 9.47 Å². The van der Waals surface area contributed by atoms with E-state index in [1.165, 1.54) is 0 Å². The van der Waals surface area contributed by atoms with E-state index in [1.54, 1.807) is 0 Å². The predicted molar refractivity (Wildman–Crippen MR) is 88.6 cm³/mol. The summed E-state index contributed by atoms with van der Waals surface area (Å²) in [6, 6.07) is -0.0608. The fraction of sp³-hybridized carbons (Fsp3) is 0.882. The summed E-state index contributed by atoms with van der Waals surface area (Å²) >= 11 is 0. The standard InChI is InChI=1S/C17H29N3O4/c21-16(19-7-11-23-12-8-19)4-6-18-5-2-1-3-15(18)17(22)20-9-13-24-14-10-20/h15H,1-14H2/t15-/m0/s1. The van der Waals surface area contributed by atoms with Gasteiger partial charge in [0.15, 0.2) is 0 Å². The molecule has 24 heavy (non-hydrogen) atoms. The SMILES string of the molecule is O=C(CCN1CCCC[C@H]1C(=O)N1CCOCC1)N1CCOCC1. The molecule has 0 aliphatic carbocycles. The molecule has 3 rings (SSSR count). The Hall–Kier alpha value is -1.18. The number of rotatable bonds is 4. The summed E-state index contributed by atoms with van der Waals surface area (Å²) in [7, 11) is 0. The van der Waals surface area contributed by atoms with Gasteiger partial charge < -0.3 is 19.3 Å². The summed E-state index contributed by atoms with van der Waals surface area (Å²) in [5, 5.41) is 0. The molecule has 0 aromatic heterocycles. The largest absolute Gasteiger partial charge is 0.378 e. The number of ether oxygens (including phenoxy) is 2. The maximum absolute atomic E-state index is 12.8. The van der Waals surface area contributed by atoms with Crippen LogP contribution in [0.2, 0.25) is 0 Å². The van der Waals surface area contributed by atoms with Crippen molar-refractivity contribution in [1.82, 2.24) is 14.7 Å². The predicted octanol–water partition coefficient (Wildman–Crippen LogP) is -0.0514. The Morgan fingerprint density at radius 3 is 2.12 bits per heavy atom. The van der Waals surface area contributed by atoms with Crippen LogP contribution in [0, 0.1) is 0 Å². The van der Waals surface area contributed by atoms with Crippen molar-refractivity contribution in [1.29, 1.82) is 0 Å². The average molecular weight is 339 g/mol. The summed E-state index contributed by atoms with van der Waals surface area (Å²) in [6.07, 6.45) is 3.60. The highest BCUT2D eigenvalue weighted by molar-refractivity contribution is 5.82. The summed E-state index contributed by atoms with van der Waals surface area (Å²) in [6.45, 7) is 6.88. The number of amides is 2. The van der Waals surface area contributed by atoms with Gasteiger partial charge in [-0.2, -0.15) is 0 Å². The molecule has 0 N–H and O–H groups in total. The Morgan fingerprint density at radius 2 is 1.46 bits per heavy atom. The molecule has 3 fully saturated rings. The minimum atomic E-state index is -0.0608. The fourth-order valence-electron chi connectivity index (χ4n) is 3.74. The molecule has 136 valence electrons. The van der Waals surface area contributed by atoms with Gasteiger partial charge in [-0.05, 0) is 19.4 Å². The Bertz CT molecular complexity index is 434. The number of hydrogen-bond acceptors (Lipinski definition) is 5. The summed E-state index contributed by atoms with van der Waals surface area (Å²) < 4.78 is 10.6. The van der Waals surface area contributed by atoms with Gasteiger partial charge in [-0.15, -0.1) is 0 Å². The zero-order valence-electron chi connectivity index (χ0n) is 14.5. The van der Waals surface area contributed by atoms with Crippen molar-refractivity contribution in [2.45, 2.75) is 31.7 Å². The van der Waals surface area contributed by atoms with Crippen molar-refractivity contribution >= 4 is 11.8 Å². The van der Waals surface area contributed by atoms with Crippen LogP contribution in [-0.4, -0.2) is 98.3 Å². The number of piperidine rings is 1. The van der Waals surface area contributed by atoms with Crippen molar-refractivity contribution in [3.63, 3.8) is 0 Å². The minimum Gasteiger partial charge on any atom is -0.378 e. The minimum absolute atomic E-state index is 0.0608. The van der Waals surface area contributed by atoms with E-state index in [0.717, 1.165) is 25.8 Å². The Kier molecular flexibility index (Phi) is 6.45. The molecule has 2 amide bonds. The first-order chi connectivity index (χ1) is 11.8. The Morgan fingerprint density at radius 1 is 0.833 bits per heavy atom. The number of nitrogens with zero attached hydrogens (tertiary/aromatic N) is 3. The lowest BCUT2D eigenvalue weighted by Crippen LogP contribution is -2.54. The molecule has 0 spiro atoms. The van der Waals surface area contributed by atoms with Gasteiger partial charge in [-0.1, -0.05) is 6.42 Å². The number of likely N-dealkylation sites (tertiary alicyclic amines) is 1. The molecular weight excluding hydrogens is 310 g/mol. The van der Waals surface area contributed by atoms with E-state index in [-0.39, 0.29) is 17.9 Å². The second kappa shape index (κ2) is 8.78. The smallest absolute Gasteiger partial charge is 0.240 e. The van der Waals surface area contributed by atoms with Gasteiger partial charge in [0, 0.05) is 39.1 Å². The molecule has 7 nitrogen and oxygen atoms in total. The van der Waals surface area contributed by atoms with Crippen LogP contribution in [0.5, 0.6) is 0 Å². The van der Waals surface area contributed by atoms with Gasteiger partial charge in [-0.25, -0.2) is 0 Å². The second-order valence-corrected chi connectivity index (χ2v) is 6.73. The zero-order chi connectivity index (χ0) is 16.8. The van der Waals surface area contributed by atoms with E-state index in [1.807, 2.05) is 9.80 Å². The second-order valence-electron chi connectivity index (χ2n) is 6.73. The third-order valence-electron chi connectivity index (χ3n) is 5.20. The molecule has 7 heteroatoms. The van der Waals surface area contributed by atoms with Crippen molar-refractivity contribution in [3.05, 3.63) is 0 Å². The first-order valence-electron chi connectivity index (χ1n) is 9.22. The van der Waals surface area contributed by atoms with Crippen molar-refractivity contribution < 1.29 is 19.1 Å². The molecule has 1 atom stereocenters. The topological polar surface area (TPSA) is 62.3 Å². The van der Waals surface area contributed by atoms with E-state index in [9.17, 15) is 9.59 Å². The Labute approximate surface area is 143 Å². The Balaban J connectivity index is 1.51. The third-order valence-corrected chi connectivity index (χ3v) is 5.20. The number of morpholine rings is 2. The molecule has 3 aliphatic rings. The number of hydrogen-bond donors (Lipinski definition) is 0. The van der Waals surface area contributed by atoms with E-state index in [0.29, 0.717) is 65.6 Å². The maximum atomic E-state index is 12.8. The van der Waals surface area contributed by atoms with Gasteiger partial charge in [0.05, 0.1) is 32.5 Å². The van der Waals surface area contributed by atoms with Crippen LogP contribution in [0.3, 0.4) is 0 Å². The fourth-order valence-corrected chi connectivity index (χ4v) is 3.74. The van der Waals surface area contributed by atoms with E-state index in [2.05, 4.69) is 4.90 Å². The molecule has 3 saturated heterocycles. The number of carbonyl (C=O) groups excluding carboxylic acids is 2. The molecule has 0 saturated carbocycles. The monoisotopic (exact) mass is 339 g/mol. The molecule has 0 radical (unpaired) electrons. The third kappa shape index (κ3) is 4.46. The number of carbonyl (C=O) groups is 2. The molecule has 0 aromatic carbocycles. The highest BCUT2D eigenvalue weighted by Crippen LogP contribution is 2.20. The van der Waals surface area contributed by atoms with E-state index < -0.39 is 0 Å². The first-order valence-corrected chi connectivity index (χ1v) is 9.22. The summed E-state index contributed by atoms with van der Waals surface area (Å²) in [4.78, 5) is 31.2. The van der Waals surface area contributed by atoms with Crippen LogP contribution in [0.4, 0.5) is 0 Å². The molecular formula is C17H29N3O4. The quantitative estimate of drug-likeness (QED) is 0.719. The van der Waals surface area contributed by atoms with E-state index >= 15 is 0 Å². The van der Waals surface area contributed by atoms with Crippen molar-refractivity contribution in [3.8, 4) is 0 Å². The molecule has 3 heterocycles. The van der Waals surface area contributed by atoms with Gasteiger partial charge in [0.2, 0.25) is 11.8 Å². The van der Waals surface area contributed by atoms with Gasteiger partial charge in [-0.3, -0.25) is 14.5 Å². The lowest BCUT2D eigenvalue weighted by molar-refractivity contribution is -0.143. The highest BCUT2D eigenvalue weighted by atomic mass is 16.5. The van der Waals surface area contributed by atoms with Crippen LogP contribution in [-0.2, 0) is 19.1 Å². The van der Waals surface area contributed by atoms with Gasteiger partial charge in [0.25, 0.3) is 0 Å². The molecule has 0 unspecified atom stereocenters. The molecule has 0 aromatic rings. The molecule has 0 bridgehead atoms. The summed E-state index contributed by atoms with van der Waals surface area (Å²) in [5.74, 6) is 0.401. The highest BCUT2D eigenvalue weighted by Gasteiger charge is 2.32. The van der Waals surface area contributed by atoms with Crippen LogP contribution in [0.15, 0.2) is 0 Å². The zero-order valence-corrected chi connectivity index (χ0v) is 14.5. The van der Waals surface area contributed by atoms with Gasteiger partial charge in [0.1, 0.15) is 0 Å². The lowest BCUT2D eigenvalue weighted by atomic mass is 10.00. The molecule has 3 aliphatic heterocycles. The average Bonchev–Trinajstić information content (AvgIpc) is 2.67. The van der Waals surface area contributed by atoms with Crippen molar-refractivity contribution in [2.75, 3.05) is 65.7 Å². The van der Waals surface area contributed by atoms with Crippen LogP contribution < -0.4 is 0 Å². The lowest BCUT2D eigenvalue weighted by Gasteiger charge is -2.39. The van der Waals surface area contributed by atoms with Crippen molar-refractivity contribution in [2.24, 2.45) is 0 Å². The van der Waals surface area contributed by atoms with Crippen LogP contribution in [0.1, 0.15) is 25.7 Å². The normalized spacial score (nSPS) is 26.4. The first kappa shape index (κ1) is 17.6. The van der Waals surface area contributed by atoms with Crippen LogP contribution in [0.25, 0.3) is 0 Å².